The molecule has 7 heteroatoms. The third-order valence-corrected chi connectivity index (χ3v) is 5.95. The molecule has 1 aliphatic rings. The number of imidazole rings is 1. The summed E-state index contributed by atoms with van der Waals surface area (Å²) in [5.41, 5.74) is 2.13. The minimum Gasteiger partial charge on any atom is -0.496 e. The maximum atomic E-state index is 14.0. The number of carbonyl (C=O) groups excluding carboxylic acids is 1. The predicted octanol–water partition coefficient (Wildman–Crippen LogP) is 4.11. The molecule has 1 atom stereocenters. The highest BCUT2D eigenvalue weighted by molar-refractivity contribution is 6.30. The fourth-order valence-corrected chi connectivity index (χ4v) is 4.34. The molecular formula is C23H21ClN4O2. The van der Waals surface area contributed by atoms with E-state index in [1.807, 2.05) is 46.7 Å². The summed E-state index contributed by atoms with van der Waals surface area (Å²) in [6.07, 6.45) is 4.00. The van der Waals surface area contributed by atoms with Gasteiger partial charge in [-0.1, -0.05) is 36.7 Å². The van der Waals surface area contributed by atoms with Crippen molar-refractivity contribution in [1.82, 2.24) is 14.5 Å². The van der Waals surface area contributed by atoms with E-state index in [0.717, 1.165) is 16.8 Å². The van der Waals surface area contributed by atoms with E-state index in [0.29, 0.717) is 35.8 Å². The van der Waals surface area contributed by atoms with E-state index in [2.05, 4.69) is 11.1 Å². The molecule has 0 saturated carbocycles. The number of nitriles is 1. The smallest absolute Gasteiger partial charge is 0.254 e. The molecule has 152 valence electrons. The summed E-state index contributed by atoms with van der Waals surface area (Å²) in [6, 6.07) is 14.8. The summed E-state index contributed by atoms with van der Waals surface area (Å²) >= 11 is 6.01. The number of amides is 1. The van der Waals surface area contributed by atoms with Crippen molar-refractivity contribution in [3.63, 3.8) is 0 Å². The van der Waals surface area contributed by atoms with Crippen LogP contribution in [0.5, 0.6) is 5.75 Å². The third kappa shape index (κ3) is 3.12. The van der Waals surface area contributed by atoms with E-state index in [-0.39, 0.29) is 5.91 Å². The molecule has 4 rings (SSSR count). The zero-order valence-electron chi connectivity index (χ0n) is 16.8. The topological polar surface area (TPSA) is 71.2 Å². The molecule has 0 spiro atoms. The lowest BCUT2D eigenvalue weighted by molar-refractivity contribution is -0.143. The first kappa shape index (κ1) is 20.0. The largest absolute Gasteiger partial charge is 0.496 e. The molecule has 0 bridgehead atoms. The van der Waals surface area contributed by atoms with E-state index in [4.69, 9.17) is 16.3 Å². The molecule has 2 heterocycles. The van der Waals surface area contributed by atoms with Gasteiger partial charge >= 0.3 is 0 Å². The number of hydrogen-bond donors (Lipinski definition) is 0. The highest BCUT2D eigenvalue weighted by Crippen LogP contribution is 2.42. The summed E-state index contributed by atoms with van der Waals surface area (Å²) in [4.78, 5) is 20.1. The summed E-state index contributed by atoms with van der Waals surface area (Å²) < 4.78 is 7.55. The van der Waals surface area contributed by atoms with E-state index in [9.17, 15) is 10.1 Å². The predicted molar refractivity (Wildman–Crippen MR) is 113 cm³/mol. The lowest BCUT2D eigenvalue weighted by Gasteiger charge is -2.43. The van der Waals surface area contributed by atoms with Crippen molar-refractivity contribution in [2.24, 2.45) is 0 Å². The van der Waals surface area contributed by atoms with Crippen molar-refractivity contribution in [2.75, 3.05) is 7.11 Å². The zero-order chi connectivity index (χ0) is 21.3. The van der Waals surface area contributed by atoms with Crippen LogP contribution in [0.4, 0.5) is 0 Å². The number of halogens is 1. The molecule has 1 unspecified atom stereocenters. The lowest BCUT2D eigenvalue weighted by atomic mass is 9.82. The van der Waals surface area contributed by atoms with Crippen LogP contribution < -0.4 is 4.74 Å². The van der Waals surface area contributed by atoms with Gasteiger partial charge in [-0.15, -0.1) is 0 Å². The molecular weight excluding hydrogens is 400 g/mol. The molecule has 1 aliphatic heterocycles. The fourth-order valence-electron chi connectivity index (χ4n) is 4.21. The van der Waals surface area contributed by atoms with Crippen LogP contribution in [-0.2, 0) is 23.4 Å². The van der Waals surface area contributed by atoms with Gasteiger partial charge in [0.2, 0.25) is 0 Å². The van der Waals surface area contributed by atoms with Crippen LogP contribution in [-0.4, -0.2) is 27.5 Å². The van der Waals surface area contributed by atoms with Crippen LogP contribution >= 0.6 is 11.6 Å². The average Bonchev–Trinajstić information content (AvgIpc) is 3.24. The third-order valence-electron chi connectivity index (χ3n) is 5.69. The highest BCUT2D eigenvalue weighted by atomic mass is 35.5. The van der Waals surface area contributed by atoms with Crippen molar-refractivity contribution in [1.29, 1.82) is 5.26 Å². The van der Waals surface area contributed by atoms with Crippen LogP contribution in [0, 0.1) is 11.3 Å². The minimum atomic E-state index is -1.00. The van der Waals surface area contributed by atoms with Crippen molar-refractivity contribution in [3.8, 4) is 11.8 Å². The Morgan fingerprint density at radius 1 is 1.27 bits per heavy atom. The van der Waals surface area contributed by atoms with Gasteiger partial charge in [-0.05, 0) is 36.2 Å². The Morgan fingerprint density at radius 3 is 2.70 bits per heavy atom. The number of benzene rings is 2. The molecule has 1 aromatic heterocycles. The van der Waals surface area contributed by atoms with Crippen molar-refractivity contribution in [2.45, 2.75) is 32.0 Å². The molecule has 0 saturated heterocycles. The van der Waals surface area contributed by atoms with E-state index in [1.165, 1.54) is 0 Å². The van der Waals surface area contributed by atoms with Gasteiger partial charge in [0.1, 0.15) is 5.75 Å². The first-order chi connectivity index (χ1) is 14.5. The van der Waals surface area contributed by atoms with Crippen LogP contribution in [0.1, 0.15) is 35.7 Å². The number of rotatable bonds is 5. The highest BCUT2D eigenvalue weighted by Gasteiger charge is 2.49. The van der Waals surface area contributed by atoms with E-state index >= 15 is 0 Å². The Morgan fingerprint density at radius 2 is 2.03 bits per heavy atom. The maximum Gasteiger partial charge on any atom is 0.254 e. The molecule has 0 N–H and O–H groups in total. The van der Waals surface area contributed by atoms with Crippen molar-refractivity contribution in [3.05, 3.63) is 82.4 Å². The Labute approximate surface area is 180 Å². The second kappa shape index (κ2) is 7.85. The van der Waals surface area contributed by atoms with Crippen molar-refractivity contribution < 1.29 is 9.53 Å². The van der Waals surface area contributed by atoms with Gasteiger partial charge in [-0.3, -0.25) is 4.79 Å². The van der Waals surface area contributed by atoms with Gasteiger partial charge in [0.25, 0.3) is 5.91 Å². The van der Waals surface area contributed by atoms with E-state index < -0.39 is 5.54 Å². The molecule has 0 fully saturated rings. The number of carbonyl (C=O) groups is 1. The summed E-state index contributed by atoms with van der Waals surface area (Å²) in [6.45, 7) is 2.90. The second-order valence-corrected chi connectivity index (χ2v) is 7.72. The minimum absolute atomic E-state index is 0.0338. The number of methoxy groups -OCH3 is 1. The van der Waals surface area contributed by atoms with Crippen LogP contribution in [0.25, 0.3) is 0 Å². The standard InChI is InChI=1S/C23H21ClN4O2/c1-3-23(20-9-6-17(11-25)10-21(20)30-2)22(29)27(14-19-12-26-15-28(19)23)13-16-4-7-18(24)8-5-16/h4-10,12,15H,3,13-14H2,1-2H3. The fraction of sp³-hybridized carbons (Fsp3) is 0.261. The Balaban J connectivity index is 1.85. The monoisotopic (exact) mass is 420 g/mol. The van der Waals surface area contributed by atoms with Crippen molar-refractivity contribution >= 4 is 17.5 Å². The Kier molecular flexibility index (Phi) is 5.23. The molecule has 3 aromatic rings. The summed E-state index contributed by atoms with van der Waals surface area (Å²) in [5, 5.41) is 9.94. The second-order valence-electron chi connectivity index (χ2n) is 7.28. The normalized spacial score (nSPS) is 18.1. The molecule has 2 aromatic carbocycles. The van der Waals surface area contributed by atoms with Gasteiger partial charge in [0.15, 0.2) is 5.54 Å². The first-order valence-electron chi connectivity index (χ1n) is 9.67. The number of aromatic nitrogens is 2. The average molecular weight is 421 g/mol. The number of ether oxygens (including phenoxy) is 1. The van der Waals surface area contributed by atoms with Crippen LogP contribution in [0.15, 0.2) is 55.0 Å². The molecule has 6 nitrogen and oxygen atoms in total. The number of nitrogens with zero attached hydrogens (tertiary/aromatic N) is 4. The lowest BCUT2D eigenvalue weighted by Crippen LogP contribution is -2.55. The van der Waals surface area contributed by atoms with Gasteiger partial charge in [0, 0.05) is 23.3 Å². The maximum absolute atomic E-state index is 14.0. The van der Waals surface area contributed by atoms with Gasteiger partial charge in [-0.2, -0.15) is 5.26 Å². The summed E-state index contributed by atoms with van der Waals surface area (Å²) in [5.74, 6) is 0.478. The zero-order valence-corrected chi connectivity index (χ0v) is 17.6. The van der Waals surface area contributed by atoms with Crippen LogP contribution in [0.2, 0.25) is 5.02 Å². The first-order valence-corrected chi connectivity index (χ1v) is 10.1. The molecule has 1 amide bonds. The van der Waals surface area contributed by atoms with E-state index in [1.54, 1.807) is 31.8 Å². The molecule has 0 radical (unpaired) electrons. The molecule has 30 heavy (non-hydrogen) atoms. The van der Waals surface area contributed by atoms with Crippen LogP contribution in [0.3, 0.4) is 0 Å². The van der Waals surface area contributed by atoms with Gasteiger partial charge in [0.05, 0.1) is 37.3 Å². The Hall–Kier alpha value is -3.30. The van der Waals surface area contributed by atoms with Gasteiger partial charge in [-0.25, -0.2) is 4.98 Å². The molecule has 0 aliphatic carbocycles. The SMILES string of the molecule is CCC1(c2ccc(C#N)cc2OC)C(=O)N(Cc2ccc(Cl)cc2)Cc2cncn21. The number of fused-ring (bicyclic) bond motifs is 1. The quantitative estimate of drug-likeness (QED) is 0.622. The summed E-state index contributed by atoms with van der Waals surface area (Å²) in [7, 11) is 1.55. The Bertz CT molecular complexity index is 1130. The van der Waals surface area contributed by atoms with Gasteiger partial charge < -0.3 is 14.2 Å². The number of hydrogen-bond acceptors (Lipinski definition) is 4.